The Labute approximate surface area is 121 Å². The first-order chi connectivity index (χ1) is 9.42. The molecule has 3 heteroatoms. The molecule has 1 N–H and O–H groups in total. The van der Waals surface area contributed by atoms with Crippen LogP contribution in [0.1, 0.15) is 32.0 Å². The molecule has 1 heterocycles. The number of ether oxygens (including phenoxy) is 1. The molecule has 0 atom stereocenters. The molecular weight excluding hydrogens is 248 g/mol. The highest BCUT2D eigenvalue weighted by Crippen LogP contribution is 2.20. The molecule has 0 spiro atoms. The van der Waals surface area contributed by atoms with Crippen LogP contribution >= 0.6 is 0 Å². The summed E-state index contributed by atoms with van der Waals surface area (Å²) in [4.78, 5) is 4.52. The van der Waals surface area contributed by atoms with Crippen molar-refractivity contribution in [3.05, 3.63) is 53.7 Å². The molecule has 0 bridgehead atoms. The minimum atomic E-state index is 0.0785. The molecule has 1 aromatic carbocycles. The first-order valence-electron chi connectivity index (χ1n) is 6.88. The molecule has 0 saturated heterocycles. The summed E-state index contributed by atoms with van der Waals surface area (Å²) in [5, 5.41) is 3.42. The summed E-state index contributed by atoms with van der Waals surface area (Å²) in [7, 11) is 0. The Bertz CT molecular complexity index is 573. The van der Waals surface area contributed by atoms with Gasteiger partial charge in [-0.05, 0) is 51.5 Å². The van der Waals surface area contributed by atoms with Gasteiger partial charge in [-0.3, -0.25) is 0 Å². The van der Waals surface area contributed by atoms with Crippen LogP contribution in [0.4, 0.5) is 0 Å². The highest BCUT2D eigenvalue weighted by Gasteiger charge is 2.09. The van der Waals surface area contributed by atoms with E-state index < -0.39 is 0 Å². The van der Waals surface area contributed by atoms with E-state index in [0.717, 1.165) is 18.0 Å². The Hall–Kier alpha value is -1.87. The normalized spacial score (nSPS) is 11.4. The van der Waals surface area contributed by atoms with Gasteiger partial charge < -0.3 is 10.1 Å². The van der Waals surface area contributed by atoms with Gasteiger partial charge in [0.1, 0.15) is 5.75 Å². The summed E-state index contributed by atoms with van der Waals surface area (Å²) >= 11 is 0. The summed E-state index contributed by atoms with van der Waals surface area (Å²) < 4.78 is 5.79. The van der Waals surface area contributed by atoms with E-state index in [1.807, 2.05) is 49.4 Å². The van der Waals surface area contributed by atoms with E-state index in [2.05, 4.69) is 31.1 Å². The third-order valence-electron chi connectivity index (χ3n) is 2.79. The lowest BCUT2D eigenvalue weighted by molar-refractivity contribution is 0.416. The summed E-state index contributed by atoms with van der Waals surface area (Å²) in [6.07, 6.45) is 0. The summed E-state index contributed by atoms with van der Waals surface area (Å²) in [5.41, 5.74) is 2.23. The number of aromatic nitrogens is 1. The average molecular weight is 270 g/mol. The van der Waals surface area contributed by atoms with Gasteiger partial charge in [0.05, 0.1) is 5.69 Å². The molecule has 0 amide bonds. The predicted octanol–water partition coefficient (Wildman–Crippen LogP) is 4.07. The zero-order valence-electron chi connectivity index (χ0n) is 12.6. The van der Waals surface area contributed by atoms with E-state index in [1.165, 1.54) is 5.56 Å². The van der Waals surface area contributed by atoms with Gasteiger partial charge in [0.2, 0.25) is 5.88 Å². The van der Waals surface area contributed by atoms with Crippen molar-refractivity contribution in [2.75, 3.05) is 0 Å². The molecule has 106 valence electrons. The van der Waals surface area contributed by atoms with Crippen molar-refractivity contribution in [3.63, 3.8) is 0 Å². The first kappa shape index (κ1) is 14.5. The number of nitrogens with one attached hydrogen (secondary N) is 1. The maximum absolute atomic E-state index is 5.79. The molecule has 0 radical (unpaired) electrons. The standard InChI is InChI=1S/C17H22N2O/c1-13-7-5-9-15(11-13)20-16-10-6-8-14(19-16)12-18-17(2,3)4/h5-11,18H,12H2,1-4H3. The van der Waals surface area contributed by atoms with Crippen molar-refractivity contribution in [2.45, 2.75) is 39.8 Å². The molecule has 0 unspecified atom stereocenters. The van der Waals surface area contributed by atoms with Crippen molar-refractivity contribution in [1.82, 2.24) is 10.3 Å². The van der Waals surface area contributed by atoms with Crippen molar-refractivity contribution in [3.8, 4) is 11.6 Å². The molecule has 20 heavy (non-hydrogen) atoms. The van der Waals surface area contributed by atoms with Crippen LogP contribution in [-0.4, -0.2) is 10.5 Å². The first-order valence-corrected chi connectivity index (χ1v) is 6.88. The number of hydrogen-bond donors (Lipinski definition) is 1. The van der Waals surface area contributed by atoms with Gasteiger partial charge in [-0.2, -0.15) is 0 Å². The molecule has 3 nitrogen and oxygen atoms in total. The van der Waals surface area contributed by atoms with Gasteiger partial charge in [0.25, 0.3) is 0 Å². The second-order valence-electron chi connectivity index (χ2n) is 5.99. The third kappa shape index (κ3) is 4.67. The molecule has 0 saturated carbocycles. The molecular formula is C17H22N2O. The van der Waals surface area contributed by atoms with Crippen molar-refractivity contribution in [1.29, 1.82) is 0 Å². The average Bonchev–Trinajstić information content (AvgIpc) is 2.36. The lowest BCUT2D eigenvalue weighted by Gasteiger charge is -2.20. The molecule has 0 aliphatic heterocycles. The van der Waals surface area contributed by atoms with Crippen LogP contribution in [0.15, 0.2) is 42.5 Å². The summed E-state index contributed by atoms with van der Waals surface area (Å²) in [6, 6.07) is 13.8. The van der Waals surface area contributed by atoms with Crippen molar-refractivity contribution in [2.24, 2.45) is 0 Å². The quantitative estimate of drug-likeness (QED) is 0.909. The van der Waals surface area contributed by atoms with Crippen molar-refractivity contribution < 1.29 is 4.74 Å². The number of aryl methyl sites for hydroxylation is 1. The number of pyridine rings is 1. The van der Waals surface area contributed by atoms with Crippen LogP contribution in [0.2, 0.25) is 0 Å². The summed E-state index contributed by atoms with van der Waals surface area (Å²) in [6.45, 7) is 9.19. The van der Waals surface area contributed by atoms with E-state index in [0.29, 0.717) is 5.88 Å². The molecule has 0 fully saturated rings. The van der Waals surface area contributed by atoms with E-state index >= 15 is 0 Å². The molecule has 1 aromatic heterocycles. The molecule has 2 rings (SSSR count). The van der Waals surface area contributed by atoms with Gasteiger partial charge in [-0.25, -0.2) is 4.98 Å². The van der Waals surface area contributed by atoms with E-state index in [1.54, 1.807) is 0 Å². The van der Waals surface area contributed by atoms with Crippen LogP contribution in [0, 0.1) is 6.92 Å². The van der Waals surface area contributed by atoms with Gasteiger partial charge in [0, 0.05) is 18.2 Å². The van der Waals surface area contributed by atoms with Crippen LogP contribution in [0.5, 0.6) is 11.6 Å². The molecule has 0 aliphatic carbocycles. The fraction of sp³-hybridized carbons (Fsp3) is 0.353. The van der Waals surface area contributed by atoms with E-state index in [9.17, 15) is 0 Å². The highest BCUT2D eigenvalue weighted by atomic mass is 16.5. The van der Waals surface area contributed by atoms with Crippen LogP contribution < -0.4 is 10.1 Å². The molecule has 2 aromatic rings. The summed E-state index contributed by atoms with van der Waals surface area (Å²) in [5.74, 6) is 1.45. The number of nitrogens with zero attached hydrogens (tertiary/aromatic N) is 1. The van der Waals surface area contributed by atoms with Gasteiger partial charge in [-0.15, -0.1) is 0 Å². The number of rotatable bonds is 4. The lowest BCUT2D eigenvalue weighted by atomic mass is 10.1. The van der Waals surface area contributed by atoms with Gasteiger partial charge in [0.15, 0.2) is 0 Å². The Morgan fingerprint density at radius 2 is 1.85 bits per heavy atom. The minimum absolute atomic E-state index is 0.0785. The molecule has 0 aliphatic rings. The monoisotopic (exact) mass is 270 g/mol. The zero-order valence-corrected chi connectivity index (χ0v) is 12.6. The maximum atomic E-state index is 5.79. The smallest absolute Gasteiger partial charge is 0.219 e. The SMILES string of the molecule is Cc1cccc(Oc2cccc(CNC(C)(C)C)n2)c1. The number of benzene rings is 1. The topological polar surface area (TPSA) is 34.1 Å². The van der Waals surface area contributed by atoms with Crippen molar-refractivity contribution >= 4 is 0 Å². The zero-order chi connectivity index (χ0) is 14.6. The highest BCUT2D eigenvalue weighted by molar-refractivity contribution is 5.31. The third-order valence-corrected chi connectivity index (χ3v) is 2.79. The maximum Gasteiger partial charge on any atom is 0.219 e. The minimum Gasteiger partial charge on any atom is -0.439 e. The van der Waals surface area contributed by atoms with Crippen LogP contribution in [0.25, 0.3) is 0 Å². The second-order valence-corrected chi connectivity index (χ2v) is 5.99. The Kier molecular flexibility index (Phi) is 4.40. The van der Waals surface area contributed by atoms with Crippen LogP contribution in [-0.2, 0) is 6.54 Å². The fourth-order valence-corrected chi connectivity index (χ4v) is 1.77. The van der Waals surface area contributed by atoms with Crippen LogP contribution in [0.3, 0.4) is 0 Å². The predicted molar refractivity (Wildman–Crippen MR) is 82.1 cm³/mol. The number of hydrogen-bond acceptors (Lipinski definition) is 3. The fourth-order valence-electron chi connectivity index (χ4n) is 1.77. The lowest BCUT2D eigenvalue weighted by Crippen LogP contribution is -2.35. The Morgan fingerprint density at radius 1 is 1.10 bits per heavy atom. The van der Waals surface area contributed by atoms with Gasteiger partial charge in [-0.1, -0.05) is 18.2 Å². The largest absolute Gasteiger partial charge is 0.439 e. The van der Waals surface area contributed by atoms with Gasteiger partial charge >= 0.3 is 0 Å². The van der Waals surface area contributed by atoms with E-state index in [-0.39, 0.29) is 5.54 Å². The Morgan fingerprint density at radius 3 is 2.55 bits per heavy atom. The van der Waals surface area contributed by atoms with E-state index in [4.69, 9.17) is 4.74 Å². The second kappa shape index (κ2) is 6.06. The Balaban J connectivity index is 2.06.